The minimum atomic E-state index is -0.187. The monoisotopic (exact) mass is 297 g/mol. The van der Waals surface area contributed by atoms with Crippen molar-refractivity contribution < 1.29 is 19.0 Å². The van der Waals surface area contributed by atoms with Crippen LogP contribution in [0.2, 0.25) is 5.02 Å². The molecule has 1 amide bonds. The Hall–Kier alpha value is -1.46. The second-order valence-corrected chi connectivity index (χ2v) is 5.41. The predicted molar refractivity (Wildman–Crippen MR) is 73.5 cm³/mol. The molecule has 0 radical (unpaired) electrons. The molecule has 0 bridgehead atoms. The van der Waals surface area contributed by atoms with E-state index in [1.165, 1.54) is 0 Å². The molecule has 0 aromatic heterocycles. The molecule has 20 heavy (non-hydrogen) atoms. The summed E-state index contributed by atoms with van der Waals surface area (Å²) in [5.41, 5.74) is 0.462. The van der Waals surface area contributed by atoms with Crippen molar-refractivity contribution in [2.75, 3.05) is 13.4 Å². The SMILES string of the molecule is C[C@@H](NC(=O)c1cc(Cl)c2c(c1)OCO2)[C@@H]1CCCO1. The first-order valence-electron chi connectivity index (χ1n) is 6.67. The maximum absolute atomic E-state index is 12.2. The fourth-order valence-electron chi connectivity index (χ4n) is 2.48. The van der Waals surface area contributed by atoms with Gasteiger partial charge in [-0.15, -0.1) is 0 Å². The molecule has 0 spiro atoms. The van der Waals surface area contributed by atoms with Crippen molar-refractivity contribution in [3.63, 3.8) is 0 Å². The lowest BCUT2D eigenvalue weighted by molar-refractivity contribution is 0.0712. The standard InChI is InChI=1S/C14H16ClNO4/c1-8(11-3-2-4-18-11)16-14(17)9-5-10(15)13-12(6-9)19-7-20-13/h5-6,8,11H,2-4,7H2,1H3,(H,16,17)/t8-,11+/m1/s1. The van der Waals surface area contributed by atoms with Crippen molar-refractivity contribution in [2.24, 2.45) is 0 Å². The Morgan fingerprint density at radius 2 is 2.30 bits per heavy atom. The molecule has 3 rings (SSSR count). The van der Waals surface area contributed by atoms with Gasteiger partial charge in [0.05, 0.1) is 17.2 Å². The van der Waals surface area contributed by atoms with Gasteiger partial charge in [0.1, 0.15) is 0 Å². The van der Waals surface area contributed by atoms with E-state index in [0.717, 1.165) is 19.4 Å². The minimum absolute atomic E-state index is 0.0331. The molecule has 1 saturated heterocycles. The highest BCUT2D eigenvalue weighted by molar-refractivity contribution is 6.32. The van der Waals surface area contributed by atoms with Crippen LogP contribution in [0.5, 0.6) is 11.5 Å². The molecule has 2 atom stereocenters. The second kappa shape index (κ2) is 5.50. The summed E-state index contributed by atoms with van der Waals surface area (Å²) in [5.74, 6) is 0.816. The zero-order valence-corrected chi connectivity index (χ0v) is 11.9. The van der Waals surface area contributed by atoms with Gasteiger partial charge in [-0.3, -0.25) is 4.79 Å². The number of rotatable bonds is 3. The first-order valence-corrected chi connectivity index (χ1v) is 7.04. The number of halogens is 1. The Balaban J connectivity index is 1.72. The number of fused-ring (bicyclic) bond motifs is 1. The molecular weight excluding hydrogens is 282 g/mol. The zero-order valence-electron chi connectivity index (χ0n) is 11.1. The number of benzene rings is 1. The molecular formula is C14H16ClNO4. The normalized spacial score (nSPS) is 21.8. The number of carbonyl (C=O) groups is 1. The summed E-state index contributed by atoms with van der Waals surface area (Å²) in [5, 5.41) is 3.32. The fourth-order valence-corrected chi connectivity index (χ4v) is 2.74. The number of carbonyl (C=O) groups excluding carboxylic acids is 1. The molecule has 0 saturated carbocycles. The molecule has 0 aliphatic carbocycles. The Labute approximate surface area is 122 Å². The average Bonchev–Trinajstić information content (AvgIpc) is 3.09. The van der Waals surface area contributed by atoms with Gasteiger partial charge in [-0.1, -0.05) is 11.6 Å². The van der Waals surface area contributed by atoms with Crippen molar-refractivity contribution in [1.82, 2.24) is 5.32 Å². The van der Waals surface area contributed by atoms with Gasteiger partial charge in [-0.2, -0.15) is 0 Å². The lowest BCUT2D eigenvalue weighted by Crippen LogP contribution is -2.40. The fraction of sp³-hybridized carbons (Fsp3) is 0.500. The predicted octanol–water partition coefficient (Wildman–Crippen LogP) is 2.37. The van der Waals surface area contributed by atoms with Crippen LogP contribution in [0.4, 0.5) is 0 Å². The van der Waals surface area contributed by atoms with Crippen LogP contribution in [-0.2, 0) is 4.74 Å². The Kier molecular flexibility index (Phi) is 3.72. The summed E-state index contributed by atoms with van der Waals surface area (Å²) in [7, 11) is 0. The molecule has 6 heteroatoms. The molecule has 1 aromatic carbocycles. The van der Waals surface area contributed by atoms with Crippen LogP contribution >= 0.6 is 11.6 Å². The van der Waals surface area contributed by atoms with E-state index in [0.29, 0.717) is 22.1 Å². The van der Waals surface area contributed by atoms with E-state index in [4.69, 9.17) is 25.8 Å². The molecule has 0 unspecified atom stereocenters. The van der Waals surface area contributed by atoms with Gasteiger partial charge in [0.15, 0.2) is 11.5 Å². The van der Waals surface area contributed by atoms with Crippen LogP contribution in [0, 0.1) is 0 Å². The summed E-state index contributed by atoms with van der Waals surface area (Å²) in [6.45, 7) is 2.84. The number of hydrogen-bond donors (Lipinski definition) is 1. The summed E-state index contributed by atoms with van der Waals surface area (Å²) >= 11 is 6.07. The number of hydrogen-bond acceptors (Lipinski definition) is 4. The Morgan fingerprint density at radius 1 is 1.45 bits per heavy atom. The second-order valence-electron chi connectivity index (χ2n) is 5.01. The van der Waals surface area contributed by atoms with Gasteiger partial charge in [0.2, 0.25) is 6.79 Å². The van der Waals surface area contributed by atoms with Gasteiger partial charge in [-0.25, -0.2) is 0 Å². The lowest BCUT2D eigenvalue weighted by atomic mass is 10.1. The third kappa shape index (κ3) is 2.55. The smallest absolute Gasteiger partial charge is 0.251 e. The van der Waals surface area contributed by atoms with Crippen molar-refractivity contribution >= 4 is 17.5 Å². The highest BCUT2D eigenvalue weighted by Crippen LogP contribution is 2.39. The molecule has 2 heterocycles. The van der Waals surface area contributed by atoms with E-state index < -0.39 is 0 Å². The van der Waals surface area contributed by atoms with Crippen LogP contribution in [-0.4, -0.2) is 31.5 Å². The summed E-state index contributed by atoms with van der Waals surface area (Å²) < 4.78 is 16.0. The van der Waals surface area contributed by atoms with Crippen LogP contribution in [0.25, 0.3) is 0 Å². The number of amides is 1. The number of nitrogens with one attached hydrogen (secondary N) is 1. The quantitative estimate of drug-likeness (QED) is 0.930. The van der Waals surface area contributed by atoms with Crippen LogP contribution in [0.15, 0.2) is 12.1 Å². The molecule has 5 nitrogen and oxygen atoms in total. The first kappa shape index (κ1) is 13.5. The highest BCUT2D eigenvalue weighted by Gasteiger charge is 2.25. The van der Waals surface area contributed by atoms with E-state index in [1.54, 1.807) is 12.1 Å². The van der Waals surface area contributed by atoms with Crippen LogP contribution < -0.4 is 14.8 Å². The maximum Gasteiger partial charge on any atom is 0.251 e. The van der Waals surface area contributed by atoms with Crippen molar-refractivity contribution in [3.05, 3.63) is 22.7 Å². The molecule has 1 N–H and O–H groups in total. The minimum Gasteiger partial charge on any atom is -0.454 e. The highest BCUT2D eigenvalue weighted by atomic mass is 35.5. The lowest BCUT2D eigenvalue weighted by Gasteiger charge is -2.20. The largest absolute Gasteiger partial charge is 0.454 e. The summed E-state index contributed by atoms with van der Waals surface area (Å²) in [4.78, 5) is 12.2. The number of ether oxygens (including phenoxy) is 3. The van der Waals surface area contributed by atoms with Gasteiger partial charge < -0.3 is 19.5 Å². The van der Waals surface area contributed by atoms with Crippen LogP contribution in [0.1, 0.15) is 30.1 Å². The van der Waals surface area contributed by atoms with Crippen molar-refractivity contribution in [2.45, 2.75) is 31.9 Å². The van der Waals surface area contributed by atoms with Gasteiger partial charge in [0, 0.05) is 12.2 Å². The topological polar surface area (TPSA) is 56.8 Å². The summed E-state index contributed by atoms with van der Waals surface area (Å²) in [6, 6.07) is 3.20. The van der Waals surface area contributed by atoms with Gasteiger partial charge in [0.25, 0.3) is 5.91 Å². The van der Waals surface area contributed by atoms with E-state index in [-0.39, 0.29) is 24.8 Å². The first-order chi connectivity index (χ1) is 9.65. The maximum atomic E-state index is 12.2. The van der Waals surface area contributed by atoms with Gasteiger partial charge >= 0.3 is 0 Å². The zero-order chi connectivity index (χ0) is 14.1. The van der Waals surface area contributed by atoms with E-state index in [1.807, 2.05) is 6.92 Å². The van der Waals surface area contributed by atoms with E-state index >= 15 is 0 Å². The van der Waals surface area contributed by atoms with Gasteiger partial charge in [-0.05, 0) is 31.9 Å². The average molecular weight is 298 g/mol. The summed E-state index contributed by atoms with van der Waals surface area (Å²) in [6.07, 6.45) is 2.10. The third-order valence-corrected chi connectivity index (χ3v) is 3.85. The molecule has 1 fully saturated rings. The third-order valence-electron chi connectivity index (χ3n) is 3.57. The molecule has 1 aromatic rings. The Bertz CT molecular complexity index is 528. The van der Waals surface area contributed by atoms with Crippen LogP contribution in [0.3, 0.4) is 0 Å². The molecule has 108 valence electrons. The van der Waals surface area contributed by atoms with E-state index in [9.17, 15) is 4.79 Å². The van der Waals surface area contributed by atoms with E-state index in [2.05, 4.69) is 5.32 Å². The Morgan fingerprint density at radius 3 is 3.05 bits per heavy atom. The molecule has 2 aliphatic rings. The van der Waals surface area contributed by atoms with Crippen molar-refractivity contribution in [3.8, 4) is 11.5 Å². The molecule has 2 aliphatic heterocycles. The van der Waals surface area contributed by atoms with Crippen molar-refractivity contribution in [1.29, 1.82) is 0 Å².